The molecule has 2 rings (SSSR count). The van der Waals surface area contributed by atoms with Gasteiger partial charge in [-0.2, -0.15) is 0 Å². The highest BCUT2D eigenvalue weighted by molar-refractivity contribution is 5.56. The minimum atomic E-state index is 0.662. The molecule has 16 heavy (non-hydrogen) atoms. The van der Waals surface area contributed by atoms with Crippen molar-refractivity contribution in [2.24, 2.45) is 0 Å². The molecule has 1 heterocycles. The first-order valence-electron chi connectivity index (χ1n) is 6.01. The monoisotopic (exact) mass is 219 g/mol. The van der Waals surface area contributed by atoms with Gasteiger partial charge >= 0.3 is 0 Å². The maximum atomic E-state index is 5.82. The summed E-state index contributed by atoms with van der Waals surface area (Å²) in [6, 6.07) is 8.85. The van der Waals surface area contributed by atoms with Crippen molar-refractivity contribution in [3.63, 3.8) is 0 Å². The predicted molar refractivity (Wildman–Crippen MR) is 69.8 cm³/mol. The Morgan fingerprint density at radius 3 is 2.88 bits per heavy atom. The van der Waals surface area contributed by atoms with E-state index in [9.17, 15) is 0 Å². The maximum absolute atomic E-state index is 5.82. The van der Waals surface area contributed by atoms with Crippen LogP contribution in [-0.4, -0.2) is 37.6 Å². The van der Waals surface area contributed by atoms with Gasteiger partial charge in [-0.15, -0.1) is 0 Å². The Hall–Kier alpha value is -1.22. The molecule has 1 atom stereocenters. The normalized spacial score (nSPS) is 22.4. The fraction of sp³-hybridized carbons (Fsp3) is 0.538. The highest BCUT2D eigenvalue weighted by Gasteiger charge is 2.22. The van der Waals surface area contributed by atoms with Gasteiger partial charge in [-0.3, -0.25) is 4.90 Å². The number of nitrogens with two attached hydrogens (primary N) is 1. The van der Waals surface area contributed by atoms with Crippen molar-refractivity contribution >= 4 is 11.4 Å². The first-order chi connectivity index (χ1) is 7.70. The van der Waals surface area contributed by atoms with Crippen LogP contribution in [0.5, 0.6) is 0 Å². The zero-order valence-corrected chi connectivity index (χ0v) is 10.2. The molecule has 1 aliphatic heterocycles. The Bertz CT molecular complexity index is 351. The Morgan fingerprint density at radius 2 is 2.19 bits per heavy atom. The number of benzene rings is 1. The lowest BCUT2D eigenvalue weighted by atomic mass is 10.1. The van der Waals surface area contributed by atoms with Gasteiger partial charge in [0.1, 0.15) is 0 Å². The van der Waals surface area contributed by atoms with Crippen LogP contribution < -0.4 is 10.6 Å². The summed E-state index contributed by atoms with van der Waals surface area (Å²) in [7, 11) is 2.21. The third-order valence-electron chi connectivity index (χ3n) is 3.48. The second-order valence-electron chi connectivity index (χ2n) is 4.58. The van der Waals surface area contributed by atoms with Crippen molar-refractivity contribution in [3.05, 3.63) is 24.3 Å². The highest BCUT2D eigenvalue weighted by Crippen LogP contribution is 2.21. The van der Waals surface area contributed by atoms with Gasteiger partial charge in [0.15, 0.2) is 0 Å². The van der Waals surface area contributed by atoms with E-state index in [4.69, 9.17) is 5.73 Å². The van der Waals surface area contributed by atoms with Gasteiger partial charge in [-0.05, 0) is 31.7 Å². The Morgan fingerprint density at radius 1 is 1.38 bits per heavy atom. The topological polar surface area (TPSA) is 32.5 Å². The van der Waals surface area contributed by atoms with Crippen LogP contribution in [-0.2, 0) is 0 Å². The summed E-state index contributed by atoms with van der Waals surface area (Å²) in [4.78, 5) is 4.88. The van der Waals surface area contributed by atoms with E-state index >= 15 is 0 Å². The standard InChI is InChI=1S/C13H21N3/c1-3-12-10-16(8-7-15(12)2)13-6-4-5-11(14)9-13/h4-6,9,12H,3,7-8,10,14H2,1-2H3. The molecule has 3 heteroatoms. The van der Waals surface area contributed by atoms with Crippen LogP contribution in [0.4, 0.5) is 11.4 Å². The number of hydrogen-bond acceptors (Lipinski definition) is 3. The molecule has 0 amide bonds. The SMILES string of the molecule is CCC1CN(c2cccc(N)c2)CCN1C. The minimum Gasteiger partial charge on any atom is -0.399 e. The molecule has 0 spiro atoms. The molecule has 1 unspecified atom stereocenters. The average molecular weight is 219 g/mol. The van der Waals surface area contributed by atoms with Crippen molar-refractivity contribution in [1.29, 1.82) is 0 Å². The second kappa shape index (κ2) is 4.74. The molecule has 1 fully saturated rings. The number of anilines is 2. The number of piperazine rings is 1. The van der Waals surface area contributed by atoms with Gasteiger partial charge in [0, 0.05) is 37.1 Å². The van der Waals surface area contributed by atoms with Gasteiger partial charge in [0.05, 0.1) is 0 Å². The second-order valence-corrected chi connectivity index (χ2v) is 4.58. The smallest absolute Gasteiger partial charge is 0.0387 e. The number of nitrogens with zero attached hydrogens (tertiary/aromatic N) is 2. The summed E-state index contributed by atoms with van der Waals surface area (Å²) < 4.78 is 0. The van der Waals surface area contributed by atoms with Crippen molar-refractivity contribution in [3.8, 4) is 0 Å². The van der Waals surface area contributed by atoms with Crippen LogP contribution in [0, 0.1) is 0 Å². The first kappa shape index (κ1) is 11.3. The van der Waals surface area contributed by atoms with Crippen molar-refractivity contribution in [2.45, 2.75) is 19.4 Å². The van der Waals surface area contributed by atoms with Crippen molar-refractivity contribution in [2.75, 3.05) is 37.3 Å². The van der Waals surface area contributed by atoms with Gasteiger partial charge in [0.2, 0.25) is 0 Å². The van der Waals surface area contributed by atoms with Crippen molar-refractivity contribution in [1.82, 2.24) is 4.90 Å². The van der Waals surface area contributed by atoms with E-state index < -0.39 is 0 Å². The van der Waals surface area contributed by atoms with Gasteiger partial charge in [-0.25, -0.2) is 0 Å². The summed E-state index contributed by atoms with van der Waals surface area (Å²) in [5.74, 6) is 0. The molecule has 1 saturated heterocycles. The molecule has 1 aliphatic rings. The van der Waals surface area contributed by atoms with E-state index in [1.165, 1.54) is 12.1 Å². The third-order valence-corrected chi connectivity index (χ3v) is 3.48. The van der Waals surface area contributed by atoms with E-state index in [0.29, 0.717) is 6.04 Å². The van der Waals surface area contributed by atoms with E-state index in [0.717, 1.165) is 25.3 Å². The fourth-order valence-electron chi connectivity index (χ4n) is 2.34. The van der Waals surface area contributed by atoms with E-state index in [-0.39, 0.29) is 0 Å². The first-order valence-corrected chi connectivity index (χ1v) is 6.01. The Balaban J connectivity index is 2.11. The molecule has 0 saturated carbocycles. The van der Waals surface area contributed by atoms with Crippen molar-refractivity contribution < 1.29 is 0 Å². The van der Waals surface area contributed by atoms with Gasteiger partial charge in [-0.1, -0.05) is 13.0 Å². The summed E-state index contributed by atoms with van der Waals surface area (Å²) in [6.45, 7) is 5.59. The lowest BCUT2D eigenvalue weighted by Gasteiger charge is -2.40. The Kier molecular flexibility index (Phi) is 3.34. The van der Waals surface area contributed by atoms with Crippen LogP contribution >= 0.6 is 0 Å². The summed E-state index contributed by atoms with van der Waals surface area (Å²) in [5.41, 5.74) is 7.93. The molecule has 0 aliphatic carbocycles. The summed E-state index contributed by atoms with van der Waals surface area (Å²) in [5, 5.41) is 0. The van der Waals surface area contributed by atoms with E-state index in [1.54, 1.807) is 0 Å². The zero-order chi connectivity index (χ0) is 11.5. The van der Waals surface area contributed by atoms with E-state index in [2.05, 4.69) is 35.9 Å². The molecule has 3 nitrogen and oxygen atoms in total. The van der Waals surface area contributed by atoms with Crippen LogP contribution in [0.15, 0.2) is 24.3 Å². The fourth-order valence-corrected chi connectivity index (χ4v) is 2.34. The van der Waals surface area contributed by atoms with Crippen LogP contribution in [0.2, 0.25) is 0 Å². The average Bonchev–Trinajstić information content (AvgIpc) is 2.29. The Labute approximate surface area is 97.8 Å². The van der Waals surface area contributed by atoms with Crippen LogP contribution in [0.3, 0.4) is 0 Å². The predicted octanol–water partition coefficient (Wildman–Crippen LogP) is 1.80. The number of hydrogen-bond donors (Lipinski definition) is 1. The van der Waals surface area contributed by atoms with Gasteiger partial charge in [0.25, 0.3) is 0 Å². The van der Waals surface area contributed by atoms with Gasteiger partial charge < -0.3 is 10.6 Å². The largest absolute Gasteiger partial charge is 0.399 e. The quantitative estimate of drug-likeness (QED) is 0.770. The molecule has 88 valence electrons. The lowest BCUT2D eigenvalue weighted by molar-refractivity contribution is 0.213. The van der Waals surface area contributed by atoms with E-state index in [1.807, 2.05) is 12.1 Å². The minimum absolute atomic E-state index is 0.662. The van der Waals surface area contributed by atoms with Crippen LogP contribution in [0.25, 0.3) is 0 Å². The zero-order valence-electron chi connectivity index (χ0n) is 10.2. The molecule has 1 aromatic carbocycles. The number of nitrogen functional groups attached to an aromatic ring is 1. The number of likely N-dealkylation sites (N-methyl/N-ethyl adjacent to an activating group) is 1. The molecular formula is C13H21N3. The molecule has 0 bridgehead atoms. The molecular weight excluding hydrogens is 198 g/mol. The maximum Gasteiger partial charge on any atom is 0.0387 e. The number of rotatable bonds is 2. The highest BCUT2D eigenvalue weighted by atomic mass is 15.3. The molecule has 1 aromatic rings. The molecule has 0 radical (unpaired) electrons. The van der Waals surface area contributed by atoms with Crippen LogP contribution in [0.1, 0.15) is 13.3 Å². The molecule has 2 N–H and O–H groups in total. The molecule has 0 aromatic heterocycles. The third kappa shape index (κ3) is 2.30. The summed E-state index contributed by atoms with van der Waals surface area (Å²) in [6.07, 6.45) is 1.20. The lowest BCUT2D eigenvalue weighted by Crippen LogP contribution is -2.51. The summed E-state index contributed by atoms with van der Waals surface area (Å²) >= 11 is 0.